The van der Waals surface area contributed by atoms with Gasteiger partial charge >= 0.3 is 12.2 Å². The van der Waals surface area contributed by atoms with Crippen LogP contribution in [0.15, 0.2) is 30.6 Å². The number of carbonyl (C=O) groups is 1. The molecule has 1 aromatic heterocycles. The molecule has 1 saturated heterocycles. The average molecular weight is 509 g/mol. The molecule has 1 aliphatic heterocycles. The third kappa shape index (κ3) is 7.12. The van der Waals surface area contributed by atoms with Gasteiger partial charge in [-0.1, -0.05) is 0 Å². The van der Waals surface area contributed by atoms with Gasteiger partial charge in [0.15, 0.2) is 0 Å². The first kappa shape index (κ1) is 25.8. The molecule has 196 valence electrons. The molecule has 2 aliphatic rings. The molecule has 1 aliphatic carbocycles. The maximum atomic E-state index is 13.3. The van der Waals surface area contributed by atoms with Crippen LogP contribution in [0.25, 0.3) is 0 Å². The Kier molecular flexibility index (Phi) is 8.34. The number of nitrogens with one attached hydrogen (secondary N) is 4. The van der Waals surface area contributed by atoms with E-state index in [0.717, 1.165) is 38.1 Å². The predicted octanol–water partition coefficient (Wildman–Crippen LogP) is 4.18. The van der Waals surface area contributed by atoms with Crippen LogP contribution in [-0.4, -0.2) is 54.4 Å². The Morgan fingerprint density at radius 1 is 1.00 bits per heavy atom. The lowest BCUT2D eigenvalue weighted by atomic mass is 9.93. The summed E-state index contributed by atoms with van der Waals surface area (Å²) in [6.07, 6.45) is 0.958. The van der Waals surface area contributed by atoms with Gasteiger partial charge in [0.25, 0.3) is 0 Å². The topological polar surface area (TPSA) is 109 Å². The molecule has 2 fully saturated rings. The number of anilines is 2. The van der Waals surface area contributed by atoms with Crippen molar-refractivity contribution in [2.24, 2.45) is 0 Å². The molecular formula is C24H31F3N6O3. The van der Waals surface area contributed by atoms with E-state index in [9.17, 15) is 18.0 Å². The number of nitrogens with zero attached hydrogens (tertiary/aromatic N) is 2. The highest BCUT2D eigenvalue weighted by molar-refractivity contribution is 5.91. The van der Waals surface area contributed by atoms with Gasteiger partial charge < -0.3 is 30.7 Å². The number of rotatable bonds is 7. The van der Waals surface area contributed by atoms with E-state index < -0.39 is 17.8 Å². The summed E-state index contributed by atoms with van der Waals surface area (Å²) in [4.78, 5) is 20.9. The van der Waals surface area contributed by atoms with Crippen LogP contribution in [0.2, 0.25) is 0 Å². The second kappa shape index (κ2) is 11.6. The summed E-state index contributed by atoms with van der Waals surface area (Å²) in [5, 5.41) is 11.6. The van der Waals surface area contributed by atoms with Crippen LogP contribution in [0, 0.1) is 0 Å². The van der Waals surface area contributed by atoms with Crippen LogP contribution < -0.4 is 30.7 Å². The molecule has 0 radical (unpaired) electrons. The minimum absolute atomic E-state index is 0.00183. The number of benzene rings is 1. The van der Waals surface area contributed by atoms with Gasteiger partial charge in [0.05, 0.1) is 11.3 Å². The number of halogens is 3. The maximum Gasteiger partial charge on any atom is 0.416 e. The Balaban J connectivity index is 1.33. The quantitative estimate of drug-likeness (QED) is 0.444. The van der Waals surface area contributed by atoms with Crippen molar-refractivity contribution < 1.29 is 27.4 Å². The Morgan fingerprint density at radius 2 is 1.72 bits per heavy atom. The summed E-state index contributed by atoms with van der Waals surface area (Å²) in [6.45, 7) is 1.55. The minimum Gasteiger partial charge on any atom is -0.488 e. The summed E-state index contributed by atoms with van der Waals surface area (Å²) < 4.78 is 51.8. The molecule has 4 rings (SSSR count). The van der Waals surface area contributed by atoms with Crippen molar-refractivity contribution in [3.8, 4) is 11.6 Å². The Labute approximate surface area is 207 Å². The summed E-state index contributed by atoms with van der Waals surface area (Å²) in [7, 11) is 1.76. The summed E-state index contributed by atoms with van der Waals surface area (Å²) in [6, 6.07) is 4.19. The normalized spacial score (nSPS) is 20.9. The molecule has 4 N–H and O–H groups in total. The number of hydrogen-bond donors (Lipinski definition) is 4. The lowest BCUT2D eigenvalue weighted by Crippen LogP contribution is -2.42. The number of hydrogen-bond acceptors (Lipinski definition) is 7. The van der Waals surface area contributed by atoms with Crippen molar-refractivity contribution in [3.63, 3.8) is 0 Å². The SMILES string of the molecule is CNc1cc(OC2CCC(NC(=O)Nc3cc(C(F)(F)F)ccc3OC3CCNCC3)CC2)ncn1. The number of amides is 2. The molecule has 12 heteroatoms. The molecule has 2 aromatic rings. The Hall–Kier alpha value is -3.28. The van der Waals surface area contributed by atoms with Gasteiger partial charge in [-0.05, 0) is 69.8 Å². The summed E-state index contributed by atoms with van der Waals surface area (Å²) >= 11 is 0. The number of urea groups is 1. The molecule has 2 amide bonds. The van der Waals surface area contributed by atoms with Crippen molar-refractivity contribution in [2.45, 2.75) is 63.0 Å². The van der Waals surface area contributed by atoms with Crippen molar-refractivity contribution in [1.82, 2.24) is 20.6 Å². The molecule has 9 nitrogen and oxygen atoms in total. The molecular weight excluding hydrogens is 477 g/mol. The smallest absolute Gasteiger partial charge is 0.416 e. The van der Waals surface area contributed by atoms with Crippen molar-refractivity contribution in [2.75, 3.05) is 30.8 Å². The minimum atomic E-state index is -4.53. The maximum absolute atomic E-state index is 13.3. The molecule has 0 unspecified atom stereocenters. The highest BCUT2D eigenvalue weighted by Crippen LogP contribution is 2.36. The number of alkyl halides is 3. The van der Waals surface area contributed by atoms with Gasteiger partial charge in [0.2, 0.25) is 5.88 Å². The van der Waals surface area contributed by atoms with Gasteiger partial charge in [-0.25, -0.2) is 14.8 Å². The van der Waals surface area contributed by atoms with Crippen LogP contribution in [0.4, 0.5) is 29.5 Å². The molecule has 36 heavy (non-hydrogen) atoms. The van der Waals surface area contributed by atoms with Crippen LogP contribution in [-0.2, 0) is 6.18 Å². The molecule has 1 saturated carbocycles. The van der Waals surface area contributed by atoms with Gasteiger partial charge in [0.1, 0.15) is 30.1 Å². The average Bonchev–Trinajstić information content (AvgIpc) is 2.86. The molecule has 0 bridgehead atoms. The largest absolute Gasteiger partial charge is 0.488 e. The zero-order valence-electron chi connectivity index (χ0n) is 20.0. The van der Waals surface area contributed by atoms with Gasteiger partial charge in [-0.15, -0.1) is 0 Å². The predicted molar refractivity (Wildman–Crippen MR) is 128 cm³/mol. The van der Waals surface area contributed by atoms with Gasteiger partial charge in [0, 0.05) is 19.2 Å². The third-order valence-electron chi connectivity index (χ3n) is 6.33. The van der Waals surface area contributed by atoms with Crippen LogP contribution >= 0.6 is 0 Å². The Morgan fingerprint density at radius 3 is 2.42 bits per heavy atom. The van der Waals surface area contributed by atoms with E-state index >= 15 is 0 Å². The van der Waals surface area contributed by atoms with E-state index in [1.165, 1.54) is 12.4 Å². The lowest BCUT2D eigenvalue weighted by Gasteiger charge is -2.29. The van der Waals surface area contributed by atoms with E-state index in [0.29, 0.717) is 37.4 Å². The second-order valence-corrected chi connectivity index (χ2v) is 8.96. The first-order valence-electron chi connectivity index (χ1n) is 12.1. The zero-order valence-corrected chi connectivity index (χ0v) is 20.0. The summed E-state index contributed by atoms with van der Waals surface area (Å²) in [5.41, 5.74) is -0.846. The third-order valence-corrected chi connectivity index (χ3v) is 6.33. The Bertz CT molecular complexity index is 1020. The van der Waals surface area contributed by atoms with Crippen LogP contribution in [0.5, 0.6) is 11.6 Å². The molecule has 1 aromatic carbocycles. The fraction of sp³-hybridized carbons (Fsp3) is 0.542. The fourth-order valence-electron chi connectivity index (χ4n) is 4.38. The first-order chi connectivity index (χ1) is 17.3. The van der Waals surface area contributed by atoms with E-state index in [2.05, 4.69) is 31.2 Å². The lowest BCUT2D eigenvalue weighted by molar-refractivity contribution is -0.137. The van der Waals surface area contributed by atoms with Crippen molar-refractivity contribution >= 4 is 17.5 Å². The number of aromatic nitrogens is 2. The van der Waals surface area contributed by atoms with E-state index in [-0.39, 0.29) is 29.7 Å². The number of carbonyl (C=O) groups excluding carboxylic acids is 1. The number of piperidine rings is 1. The molecule has 2 heterocycles. The second-order valence-electron chi connectivity index (χ2n) is 8.96. The van der Waals surface area contributed by atoms with Gasteiger partial charge in [-0.2, -0.15) is 13.2 Å². The van der Waals surface area contributed by atoms with Crippen molar-refractivity contribution in [3.05, 3.63) is 36.2 Å². The molecule has 0 spiro atoms. The van der Waals surface area contributed by atoms with E-state index in [4.69, 9.17) is 9.47 Å². The van der Waals surface area contributed by atoms with E-state index in [1.54, 1.807) is 13.1 Å². The van der Waals surface area contributed by atoms with E-state index in [1.807, 2.05) is 0 Å². The van der Waals surface area contributed by atoms with Crippen LogP contribution in [0.1, 0.15) is 44.1 Å². The number of ether oxygens (including phenoxy) is 2. The monoisotopic (exact) mass is 508 g/mol. The molecule has 0 atom stereocenters. The zero-order chi connectivity index (χ0) is 25.5. The van der Waals surface area contributed by atoms with Gasteiger partial charge in [-0.3, -0.25) is 0 Å². The first-order valence-corrected chi connectivity index (χ1v) is 12.1. The van der Waals surface area contributed by atoms with Crippen molar-refractivity contribution in [1.29, 1.82) is 0 Å². The standard InChI is InChI=1S/C24H31F3N6O3/c1-28-21-13-22(31-14-30-21)36-17-5-3-16(4-6-17)32-23(34)33-19-12-15(24(25,26)27)2-7-20(19)35-18-8-10-29-11-9-18/h2,7,12-14,16-18,29H,3-6,8-11H2,1H3,(H,28,30,31)(H2,32,33,34). The highest BCUT2D eigenvalue weighted by atomic mass is 19.4. The van der Waals surface area contributed by atoms with Crippen LogP contribution in [0.3, 0.4) is 0 Å². The summed E-state index contributed by atoms with van der Waals surface area (Å²) in [5.74, 6) is 1.37. The fourth-order valence-corrected chi connectivity index (χ4v) is 4.38. The highest BCUT2D eigenvalue weighted by Gasteiger charge is 2.32.